The van der Waals surface area contributed by atoms with Gasteiger partial charge in [-0.1, -0.05) is 103 Å². The van der Waals surface area contributed by atoms with E-state index in [4.69, 9.17) is 9.72 Å². The first-order chi connectivity index (χ1) is 18.3. The molecule has 0 atom stereocenters. The lowest BCUT2D eigenvalue weighted by atomic mass is 9.99. The van der Waals surface area contributed by atoms with E-state index in [1.54, 1.807) is 7.11 Å². The fraction of sp³-hybridized carbons (Fsp3) is 0.0294. The van der Waals surface area contributed by atoms with Crippen LogP contribution in [0.4, 0.5) is 0 Å². The number of rotatable bonds is 4. The Hall–Kier alpha value is -4.89. The van der Waals surface area contributed by atoms with Gasteiger partial charge in [0.15, 0.2) is 0 Å². The Labute approximate surface area is 215 Å². The van der Waals surface area contributed by atoms with E-state index in [9.17, 15) is 0 Å². The Morgan fingerprint density at radius 3 is 1.81 bits per heavy atom. The van der Waals surface area contributed by atoms with Gasteiger partial charge in [-0.25, -0.2) is 4.98 Å². The highest BCUT2D eigenvalue weighted by molar-refractivity contribution is 6.24. The molecular formula is C34H24N2O. The summed E-state index contributed by atoms with van der Waals surface area (Å²) in [5.74, 6) is 1.75. The van der Waals surface area contributed by atoms with Crippen LogP contribution in [0.15, 0.2) is 127 Å². The van der Waals surface area contributed by atoms with Gasteiger partial charge in [0.25, 0.3) is 0 Å². The number of benzene rings is 6. The van der Waals surface area contributed by atoms with Gasteiger partial charge in [0.1, 0.15) is 11.6 Å². The van der Waals surface area contributed by atoms with Crippen LogP contribution >= 0.6 is 0 Å². The van der Waals surface area contributed by atoms with Crippen LogP contribution in [0.2, 0.25) is 0 Å². The maximum absolute atomic E-state index is 5.47. The lowest BCUT2D eigenvalue weighted by Crippen LogP contribution is -1.99. The molecule has 3 heteroatoms. The van der Waals surface area contributed by atoms with E-state index in [2.05, 4.69) is 120 Å². The molecule has 1 aromatic heterocycles. The lowest BCUT2D eigenvalue weighted by Gasteiger charge is -2.15. The van der Waals surface area contributed by atoms with Gasteiger partial charge in [0.2, 0.25) is 0 Å². The Kier molecular flexibility index (Phi) is 5.00. The Morgan fingerprint density at radius 2 is 1.11 bits per heavy atom. The molecule has 7 rings (SSSR count). The van der Waals surface area contributed by atoms with Crippen LogP contribution < -0.4 is 4.74 Å². The van der Waals surface area contributed by atoms with E-state index in [-0.39, 0.29) is 0 Å². The first-order valence-corrected chi connectivity index (χ1v) is 12.4. The number of fused-ring (bicyclic) bond motifs is 6. The average Bonchev–Trinajstić information content (AvgIpc) is 3.39. The molecule has 0 spiro atoms. The molecule has 0 amide bonds. The SMILES string of the molecule is COc1ccc(-n2c(-c3ccccc3-c3ccccc3)nc3c4ccccc4c4ccccc4c32)cc1. The number of aromatic nitrogens is 2. The molecule has 3 nitrogen and oxygen atoms in total. The minimum absolute atomic E-state index is 0.828. The van der Waals surface area contributed by atoms with Crippen molar-refractivity contribution < 1.29 is 4.74 Å². The molecule has 0 aliphatic heterocycles. The molecule has 1 heterocycles. The molecule has 0 saturated heterocycles. The van der Waals surface area contributed by atoms with Gasteiger partial charge in [0.05, 0.1) is 18.1 Å². The second-order valence-electron chi connectivity index (χ2n) is 9.17. The van der Waals surface area contributed by atoms with Gasteiger partial charge < -0.3 is 4.74 Å². The Bertz CT molecular complexity index is 1900. The predicted molar refractivity (Wildman–Crippen MR) is 154 cm³/mol. The summed E-state index contributed by atoms with van der Waals surface area (Å²) in [5.41, 5.74) is 6.57. The van der Waals surface area contributed by atoms with Crippen molar-refractivity contribution in [2.75, 3.05) is 7.11 Å². The van der Waals surface area contributed by atoms with Gasteiger partial charge >= 0.3 is 0 Å². The van der Waals surface area contributed by atoms with Crippen molar-refractivity contribution in [1.29, 1.82) is 0 Å². The predicted octanol–water partition coefficient (Wildman–Crippen LogP) is 8.67. The summed E-state index contributed by atoms with van der Waals surface area (Å²) in [6.45, 7) is 0. The molecule has 0 N–H and O–H groups in total. The monoisotopic (exact) mass is 476 g/mol. The first-order valence-electron chi connectivity index (χ1n) is 12.4. The van der Waals surface area contributed by atoms with Crippen molar-refractivity contribution >= 4 is 32.6 Å². The molecule has 176 valence electrons. The van der Waals surface area contributed by atoms with Crippen molar-refractivity contribution in [3.63, 3.8) is 0 Å². The minimum atomic E-state index is 0.828. The molecule has 37 heavy (non-hydrogen) atoms. The molecule has 0 fully saturated rings. The summed E-state index contributed by atoms with van der Waals surface area (Å²) >= 11 is 0. The number of hydrogen-bond donors (Lipinski definition) is 0. The fourth-order valence-corrected chi connectivity index (χ4v) is 5.42. The topological polar surface area (TPSA) is 27.1 Å². The van der Waals surface area contributed by atoms with E-state index in [1.807, 2.05) is 12.1 Å². The Morgan fingerprint density at radius 1 is 0.541 bits per heavy atom. The molecule has 0 aliphatic carbocycles. The summed E-state index contributed by atoms with van der Waals surface area (Å²) in [4.78, 5) is 5.40. The summed E-state index contributed by atoms with van der Waals surface area (Å²) < 4.78 is 7.78. The molecule has 0 bridgehead atoms. The average molecular weight is 477 g/mol. The number of methoxy groups -OCH3 is 1. The van der Waals surface area contributed by atoms with Crippen LogP contribution in [-0.4, -0.2) is 16.7 Å². The summed E-state index contributed by atoms with van der Waals surface area (Å²) in [6.07, 6.45) is 0. The second-order valence-corrected chi connectivity index (χ2v) is 9.17. The smallest absolute Gasteiger partial charge is 0.146 e. The molecule has 0 radical (unpaired) electrons. The van der Waals surface area contributed by atoms with Gasteiger partial charge in [-0.05, 0) is 46.2 Å². The van der Waals surface area contributed by atoms with Crippen LogP contribution in [0, 0.1) is 0 Å². The number of hydrogen-bond acceptors (Lipinski definition) is 2. The van der Waals surface area contributed by atoms with E-state index < -0.39 is 0 Å². The first kappa shape index (κ1) is 21.4. The van der Waals surface area contributed by atoms with Crippen LogP contribution in [0.1, 0.15) is 0 Å². The van der Waals surface area contributed by atoms with Gasteiger partial charge in [0, 0.05) is 22.0 Å². The van der Waals surface area contributed by atoms with Crippen LogP contribution in [-0.2, 0) is 0 Å². The standard InChI is InChI=1S/C34H24N2O/c1-37-25-21-19-24(20-22-25)36-33-30-17-9-7-15-28(30)27-14-6-8-16-29(27)32(33)35-34(36)31-18-10-5-13-26(31)23-11-3-2-4-12-23/h2-22H,1H3. The summed E-state index contributed by atoms with van der Waals surface area (Å²) in [7, 11) is 1.70. The fourth-order valence-electron chi connectivity index (χ4n) is 5.42. The van der Waals surface area contributed by atoms with Gasteiger partial charge in [-0.2, -0.15) is 0 Å². The molecule has 6 aromatic carbocycles. The van der Waals surface area contributed by atoms with Crippen molar-refractivity contribution in [1.82, 2.24) is 9.55 Å². The number of ether oxygens (including phenoxy) is 1. The van der Waals surface area contributed by atoms with E-state index in [0.29, 0.717) is 0 Å². The van der Waals surface area contributed by atoms with Crippen molar-refractivity contribution in [2.24, 2.45) is 0 Å². The summed E-state index contributed by atoms with van der Waals surface area (Å²) in [5, 5.41) is 4.78. The lowest BCUT2D eigenvalue weighted by molar-refractivity contribution is 0.415. The van der Waals surface area contributed by atoms with Crippen molar-refractivity contribution in [3.8, 4) is 34.0 Å². The highest BCUT2D eigenvalue weighted by atomic mass is 16.5. The zero-order valence-corrected chi connectivity index (χ0v) is 20.4. The third-order valence-corrected chi connectivity index (χ3v) is 7.12. The van der Waals surface area contributed by atoms with Crippen LogP contribution in [0.3, 0.4) is 0 Å². The van der Waals surface area contributed by atoms with Crippen molar-refractivity contribution in [3.05, 3.63) is 127 Å². The molecule has 0 saturated carbocycles. The molecule has 0 aliphatic rings. The van der Waals surface area contributed by atoms with E-state index >= 15 is 0 Å². The maximum Gasteiger partial charge on any atom is 0.146 e. The largest absolute Gasteiger partial charge is 0.497 e. The van der Waals surface area contributed by atoms with Crippen LogP contribution in [0.25, 0.3) is 60.8 Å². The highest BCUT2D eigenvalue weighted by Crippen LogP contribution is 2.41. The van der Waals surface area contributed by atoms with Crippen LogP contribution in [0.5, 0.6) is 5.75 Å². The zero-order valence-electron chi connectivity index (χ0n) is 20.4. The van der Waals surface area contributed by atoms with E-state index in [1.165, 1.54) is 21.7 Å². The number of imidazole rings is 1. The quantitative estimate of drug-likeness (QED) is 0.238. The third-order valence-electron chi connectivity index (χ3n) is 7.12. The van der Waals surface area contributed by atoms with E-state index in [0.717, 1.165) is 44.8 Å². The molecule has 0 unspecified atom stereocenters. The normalized spacial score (nSPS) is 11.4. The zero-order chi connectivity index (χ0) is 24.8. The minimum Gasteiger partial charge on any atom is -0.497 e. The highest BCUT2D eigenvalue weighted by Gasteiger charge is 2.21. The molecule has 7 aromatic rings. The molecular weight excluding hydrogens is 452 g/mol. The van der Waals surface area contributed by atoms with Gasteiger partial charge in [-0.15, -0.1) is 0 Å². The third kappa shape index (κ3) is 3.40. The maximum atomic E-state index is 5.47. The van der Waals surface area contributed by atoms with Crippen molar-refractivity contribution in [2.45, 2.75) is 0 Å². The van der Waals surface area contributed by atoms with Gasteiger partial charge in [-0.3, -0.25) is 4.57 Å². The number of nitrogens with zero attached hydrogens (tertiary/aromatic N) is 2. The summed E-state index contributed by atoms with van der Waals surface area (Å²) in [6, 6.07) is 44.5. The Balaban J connectivity index is 1.66. The second kappa shape index (κ2) is 8.65.